The number of ether oxygens (including phenoxy) is 2. The number of amides is 3. The van der Waals surface area contributed by atoms with Gasteiger partial charge in [-0.3, -0.25) is 14.4 Å². The molecule has 1 aliphatic heterocycles. The fourth-order valence-corrected chi connectivity index (χ4v) is 5.13. The normalized spacial score (nSPS) is 16.0. The monoisotopic (exact) mass is 693 g/mol. The Balaban J connectivity index is 0.00000600. The molecular formula is C31H35Cl2F2N7O5. The number of anilines is 3. The molecule has 1 aromatic heterocycles. The number of nitrogens with one attached hydrogen (secondary N) is 4. The van der Waals surface area contributed by atoms with Crippen molar-refractivity contribution in [2.45, 2.75) is 50.9 Å². The van der Waals surface area contributed by atoms with E-state index in [0.717, 1.165) is 6.07 Å². The minimum absolute atomic E-state index is 0. The zero-order valence-electron chi connectivity index (χ0n) is 26.0. The lowest BCUT2D eigenvalue weighted by atomic mass is 10.1. The van der Waals surface area contributed by atoms with Crippen molar-refractivity contribution in [3.05, 3.63) is 47.2 Å². The maximum absolute atomic E-state index is 14.7. The van der Waals surface area contributed by atoms with Crippen LogP contribution in [0.2, 0.25) is 5.02 Å². The lowest BCUT2D eigenvalue weighted by Crippen LogP contribution is -2.58. The molecule has 4 N–H and O–H groups in total. The predicted molar refractivity (Wildman–Crippen MR) is 176 cm³/mol. The van der Waals surface area contributed by atoms with Gasteiger partial charge in [0.1, 0.15) is 47.4 Å². The highest BCUT2D eigenvalue weighted by atomic mass is 35.5. The first-order valence-electron chi connectivity index (χ1n) is 14.4. The Kier molecular flexibility index (Phi) is 13.1. The minimum atomic E-state index is -1.11. The first-order chi connectivity index (χ1) is 22.0. The molecule has 252 valence electrons. The maximum Gasteiger partial charge on any atom is 0.248 e. The summed E-state index contributed by atoms with van der Waals surface area (Å²) < 4.78 is 39.5. The molecule has 1 fully saturated rings. The quantitative estimate of drug-likeness (QED) is 0.164. The van der Waals surface area contributed by atoms with Crippen molar-refractivity contribution in [2.75, 3.05) is 37.9 Å². The van der Waals surface area contributed by atoms with E-state index in [1.807, 2.05) is 0 Å². The third-order valence-corrected chi connectivity index (χ3v) is 7.98. The van der Waals surface area contributed by atoms with Crippen LogP contribution in [0, 0.1) is 24.0 Å². The molecule has 3 amide bonds. The summed E-state index contributed by atoms with van der Waals surface area (Å²) in [5.74, 6) is -0.576. The molecule has 2 heterocycles. The van der Waals surface area contributed by atoms with Gasteiger partial charge in [-0.15, -0.1) is 18.8 Å². The fourth-order valence-electron chi connectivity index (χ4n) is 4.96. The molecule has 16 heteroatoms. The molecule has 47 heavy (non-hydrogen) atoms. The van der Waals surface area contributed by atoms with E-state index in [1.165, 1.54) is 30.5 Å². The second-order valence-electron chi connectivity index (χ2n) is 10.5. The van der Waals surface area contributed by atoms with Crippen molar-refractivity contribution in [2.24, 2.45) is 0 Å². The van der Waals surface area contributed by atoms with Gasteiger partial charge in [-0.1, -0.05) is 17.5 Å². The molecule has 4 rings (SSSR count). The third kappa shape index (κ3) is 8.36. The molecule has 3 aromatic rings. The number of hydrogen-bond donors (Lipinski definition) is 4. The van der Waals surface area contributed by atoms with Gasteiger partial charge in [-0.25, -0.2) is 18.7 Å². The van der Waals surface area contributed by atoms with Gasteiger partial charge in [0.15, 0.2) is 5.82 Å². The van der Waals surface area contributed by atoms with E-state index in [2.05, 4.69) is 37.2 Å². The number of halogens is 4. The second-order valence-corrected chi connectivity index (χ2v) is 10.9. The third-order valence-electron chi connectivity index (χ3n) is 7.63. The van der Waals surface area contributed by atoms with Crippen molar-refractivity contribution in [1.29, 1.82) is 0 Å². The van der Waals surface area contributed by atoms with Crippen molar-refractivity contribution < 1.29 is 32.6 Å². The SMILES string of the molecule is C#CCO[C@H](C)[C@H](NC(=O)[C@H](C)NC)C(=O)N1CCCC1C(=O)Nc1cc2c(Nc3ccc(F)c(Cl)c3F)ncnc2cc1OC.Cl. The van der Waals surface area contributed by atoms with Crippen molar-refractivity contribution >= 4 is 69.8 Å². The number of nitrogens with zero attached hydrogens (tertiary/aromatic N) is 3. The van der Waals surface area contributed by atoms with Crippen LogP contribution >= 0.6 is 24.0 Å². The lowest BCUT2D eigenvalue weighted by Gasteiger charge is -2.32. The number of likely N-dealkylation sites (tertiary alicyclic amines) is 1. The van der Waals surface area contributed by atoms with Crippen LogP contribution in [0.25, 0.3) is 10.9 Å². The van der Waals surface area contributed by atoms with Crippen LogP contribution in [-0.2, 0) is 19.1 Å². The van der Waals surface area contributed by atoms with Crippen molar-refractivity contribution in [3.63, 3.8) is 0 Å². The van der Waals surface area contributed by atoms with E-state index in [4.69, 9.17) is 27.5 Å². The van der Waals surface area contributed by atoms with Crippen molar-refractivity contribution in [3.8, 4) is 18.1 Å². The summed E-state index contributed by atoms with van der Waals surface area (Å²) in [6, 6.07) is 2.71. The summed E-state index contributed by atoms with van der Waals surface area (Å²) in [5, 5.41) is 10.9. The number of benzene rings is 2. The number of carbonyl (C=O) groups excluding carboxylic acids is 3. The highest BCUT2D eigenvalue weighted by Crippen LogP contribution is 2.35. The number of rotatable bonds is 12. The zero-order valence-corrected chi connectivity index (χ0v) is 27.6. The van der Waals surface area contributed by atoms with E-state index < -0.39 is 58.6 Å². The van der Waals surface area contributed by atoms with Crippen LogP contribution in [0.4, 0.5) is 26.0 Å². The minimum Gasteiger partial charge on any atom is -0.494 e. The Morgan fingerprint density at radius 2 is 1.94 bits per heavy atom. The summed E-state index contributed by atoms with van der Waals surface area (Å²) in [7, 11) is 3.03. The molecule has 1 aliphatic rings. The van der Waals surface area contributed by atoms with Gasteiger partial charge in [0, 0.05) is 18.0 Å². The van der Waals surface area contributed by atoms with Crippen LogP contribution in [0.5, 0.6) is 5.75 Å². The van der Waals surface area contributed by atoms with Crippen LogP contribution in [0.15, 0.2) is 30.6 Å². The first kappa shape index (κ1) is 37.2. The molecule has 12 nitrogen and oxygen atoms in total. The number of carbonyl (C=O) groups is 3. The molecule has 4 atom stereocenters. The summed E-state index contributed by atoms with van der Waals surface area (Å²) in [5.41, 5.74) is 0.501. The van der Waals surface area contributed by atoms with Crippen LogP contribution in [-0.4, -0.2) is 84.1 Å². The van der Waals surface area contributed by atoms with Crippen LogP contribution < -0.4 is 26.0 Å². The highest BCUT2D eigenvalue weighted by molar-refractivity contribution is 6.31. The van der Waals surface area contributed by atoms with E-state index in [9.17, 15) is 23.2 Å². The number of fused-ring (bicyclic) bond motifs is 1. The van der Waals surface area contributed by atoms with Gasteiger partial charge in [-0.05, 0) is 51.9 Å². The Hall–Kier alpha value is -4.29. The Labute approximate surface area is 281 Å². The lowest BCUT2D eigenvalue weighted by molar-refractivity contribution is -0.143. The maximum atomic E-state index is 14.7. The highest BCUT2D eigenvalue weighted by Gasteiger charge is 2.40. The Bertz CT molecular complexity index is 1680. The molecule has 0 bridgehead atoms. The molecule has 0 radical (unpaired) electrons. The first-order valence-corrected chi connectivity index (χ1v) is 14.8. The summed E-state index contributed by atoms with van der Waals surface area (Å²) in [4.78, 5) is 50.1. The zero-order chi connectivity index (χ0) is 33.5. The average Bonchev–Trinajstić information content (AvgIpc) is 3.56. The second kappa shape index (κ2) is 16.5. The summed E-state index contributed by atoms with van der Waals surface area (Å²) >= 11 is 5.74. The largest absolute Gasteiger partial charge is 0.494 e. The van der Waals surface area contributed by atoms with Crippen molar-refractivity contribution in [1.82, 2.24) is 25.5 Å². The van der Waals surface area contributed by atoms with Gasteiger partial charge in [0.05, 0.1) is 36.1 Å². The van der Waals surface area contributed by atoms with Crippen LogP contribution in [0.3, 0.4) is 0 Å². The van der Waals surface area contributed by atoms with Crippen LogP contribution in [0.1, 0.15) is 26.7 Å². The van der Waals surface area contributed by atoms with E-state index in [0.29, 0.717) is 23.7 Å². The average molecular weight is 695 g/mol. The standard InChI is InChI=1S/C31H34ClF2N7O5.ClH/c1-6-12-46-17(3)27(40-29(42)16(2)35-4)31(44)41-11-7-8-23(41)30(43)39-22-13-18-21(14-24(22)45-5)36-15-37-28(18)38-20-10-9-19(33)25(32)26(20)34;/h1,9-10,13-17,23,27,35H,7-8,11-12H2,2-5H3,(H,39,43)(H,40,42)(H,36,37,38);1H/t16-,17+,23?,27-;/m0./s1. The Morgan fingerprint density at radius 3 is 2.62 bits per heavy atom. The van der Waals surface area contributed by atoms with Gasteiger partial charge < -0.3 is 35.6 Å². The number of aromatic nitrogens is 2. The van der Waals surface area contributed by atoms with E-state index in [-0.39, 0.29) is 48.5 Å². The number of likely N-dealkylation sites (N-methyl/N-ethyl adjacent to an activating group) is 1. The van der Waals surface area contributed by atoms with Gasteiger partial charge >= 0.3 is 0 Å². The molecule has 1 unspecified atom stereocenters. The summed E-state index contributed by atoms with van der Waals surface area (Å²) in [6.45, 7) is 3.46. The predicted octanol–water partition coefficient (Wildman–Crippen LogP) is 3.80. The van der Waals surface area contributed by atoms with E-state index in [1.54, 1.807) is 27.0 Å². The van der Waals surface area contributed by atoms with Gasteiger partial charge in [-0.2, -0.15) is 0 Å². The molecule has 1 saturated heterocycles. The summed E-state index contributed by atoms with van der Waals surface area (Å²) in [6.07, 6.45) is 6.69. The topological polar surface area (TPSA) is 147 Å². The molecule has 2 aromatic carbocycles. The fraction of sp³-hybridized carbons (Fsp3) is 0.387. The van der Waals surface area contributed by atoms with Gasteiger partial charge in [0.2, 0.25) is 17.7 Å². The molecule has 0 saturated carbocycles. The van der Waals surface area contributed by atoms with Gasteiger partial charge in [0.25, 0.3) is 0 Å². The smallest absolute Gasteiger partial charge is 0.248 e. The molecular weight excluding hydrogens is 659 g/mol. The molecule has 0 aliphatic carbocycles. The number of terminal acetylenes is 1. The number of methoxy groups -OCH3 is 1. The molecule has 0 spiro atoms. The van der Waals surface area contributed by atoms with E-state index >= 15 is 0 Å². The Morgan fingerprint density at radius 1 is 1.19 bits per heavy atom. The number of hydrogen-bond acceptors (Lipinski definition) is 9.